The minimum absolute atomic E-state index is 0.625. The molecule has 0 spiro atoms. The van der Waals surface area contributed by atoms with E-state index in [0.29, 0.717) is 6.04 Å². The van der Waals surface area contributed by atoms with Gasteiger partial charge in [0.1, 0.15) is 5.82 Å². The average molecular weight is 296 g/mol. The van der Waals surface area contributed by atoms with Crippen molar-refractivity contribution >= 4 is 21.7 Å². The second-order valence-electron chi connectivity index (χ2n) is 5.18. The van der Waals surface area contributed by atoms with Gasteiger partial charge >= 0.3 is 0 Å². The first kappa shape index (κ1) is 11.5. The molecule has 92 valence electrons. The Morgan fingerprint density at radius 1 is 1.35 bits per heavy atom. The van der Waals surface area contributed by atoms with Crippen molar-refractivity contribution in [3.63, 3.8) is 0 Å². The van der Waals surface area contributed by atoms with Gasteiger partial charge in [0.05, 0.1) is 4.47 Å². The van der Waals surface area contributed by atoms with Crippen molar-refractivity contribution in [3.05, 3.63) is 22.8 Å². The van der Waals surface area contributed by atoms with Gasteiger partial charge in [0.2, 0.25) is 0 Å². The summed E-state index contributed by atoms with van der Waals surface area (Å²) in [6.45, 7) is 0. The molecule has 4 heteroatoms. The maximum Gasteiger partial charge on any atom is 0.142 e. The Balaban J connectivity index is 1.78. The number of piperidine rings is 1. The first-order valence-corrected chi connectivity index (χ1v) is 7.12. The van der Waals surface area contributed by atoms with Crippen LogP contribution in [0.4, 0.5) is 5.82 Å². The average Bonchev–Trinajstić information content (AvgIpc) is 2.68. The van der Waals surface area contributed by atoms with Gasteiger partial charge in [0, 0.05) is 31.4 Å². The quantitative estimate of drug-likeness (QED) is 0.909. The van der Waals surface area contributed by atoms with Crippen LogP contribution >= 0.6 is 15.9 Å². The van der Waals surface area contributed by atoms with Gasteiger partial charge in [-0.2, -0.15) is 0 Å². The van der Waals surface area contributed by atoms with E-state index in [2.05, 4.69) is 44.2 Å². The molecule has 2 saturated heterocycles. The van der Waals surface area contributed by atoms with Crippen LogP contribution in [0.25, 0.3) is 0 Å². The molecule has 3 heterocycles. The molecule has 3 rings (SSSR count). The minimum Gasteiger partial charge on any atom is -0.356 e. The monoisotopic (exact) mass is 295 g/mol. The molecule has 0 aliphatic carbocycles. The Morgan fingerprint density at radius 3 is 2.71 bits per heavy atom. The van der Waals surface area contributed by atoms with Crippen LogP contribution in [0.5, 0.6) is 0 Å². The summed E-state index contributed by atoms with van der Waals surface area (Å²) in [7, 11) is 2.17. The van der Waals surface area contributed by atoms with Gasteiger partial charge in [0.15, 0.2) is 0 Å². The van der Waals surface area contributed by atoms with Gasteiger partial charge in [-0.25, -0.2) is 4.98 Å². The van der Waals surface area contributed by atoms with Crippen LogP contribution in [0.3, 0.4) is 0 Å². The smallest absolute Gasteiger partial charge is 0.142 e. The lowest BCUT2D eigenvalue weighted by atomic mass is 9.98. The second kappa shape index (κ2) is 4.58. The van der Waals surface area contributed by atoms with Gasteiger partial charge in [0.25, 0.3) is 0 Å². The summed E-state index contributed by atoms with van der Waals surface area (Å²) in [5.41, 5.74) is 0. The second-order valence-corrected chi connectivity index (χ2v) is 6.04. The van der Waals surface area contributed by atoms with Gasteiger partial charge in [-0.3, -0.25) is 0 Å². The molecule has 0 amide bonds. The van der Waals surface area contributed by atoms with E-state index in [1.165, 1.54) is 25.7 Å². The zero-order chi connectivity index (χ0) is 11.8. The van der Waals surface area contributed by atoms with E-state index in [1.807, 2.05) is 12.3 Å². The molecule has 3 nitrogen and oxygen atoms in total. The highest BCUT2D eigenvalue weighted by atomic mass is 79.9. The fraction of sp³-hybridized carbons (Fsp3) is 0.615. The van der Waals surface area contributed by atoms with Crippen LogP contribution in [0, 0.1) is 0 Å². The maximum absolute atomic E-state index is 4.48. The highest BCUT2D eigenvalue weighted by molar-refractivity contribution is 9.10. The minimum atomic E-state index is 0.625. The van der Waals surface area contributed by atoms with Crippen molar-refractivity contribution in [2.75, 3.05) is 11.9 Å². The van der Waals surface area contributed by atoms with E-state index in [-0.39, 0.29) is 0 Å². The largest absolute Gasteiger partial charge is 0.356 e. The molecule has 2 fully saturated rings. The number of hydrogen-bond acceptors (Lipinski definition) is 3. The lowest BCUT2D eigenvalue weighted by molar-refractivity contribution is 0.353. The molecular formula is C13H18BrN3. The molecule has 2 unspecified atom stereocenters. The Morgan fingerprint density at radius 2 is 2.06 bits per heavy atom. The fourth-order valence-electron chi connectivity index (χ4n) is 3.15. The summed E-state index contributed by atoms with van der Waals surface area (Å²) in [4.78, 5) is 6.83. The van der Waals surface area contributed by atoms with Crippen LogP contribution in [0.1, 0.15) is 25.7 Å². The maximum atomic E-state index is 4.48. The molecule has 0 saturated carbocycles. The van der Waals surface area contributed by atoms with Crippen LogP contribution in [-0.4, -0.2) is 30.2 Å². The van der Waals surface area contributed by atoms with E-state index in [9.17, 15) is 0 Å². The number of nitrogens with one attached hydrogen (secondary N) is 1. The van der Waals surface area contributed by atoms with Crippen LogP contribution in [-0.2, 0) is 0 Å². The van der Waals surface area contributed by atoms with Gasteiger partial charge in [-0.05, 0) is 53.7 Å². The predicted octanol–water partition coefficient (Wildman–Crippen LogP) is 2.56. The summed E-state index contributed by atoms with van der Waals surface area (Å²) in [5.74, 6) is 1.07. The molecule has 1 N–H and O–H groups in total. The van der Waals surface area contributed by atoms with Crippen LogP contribution in [0.15, 0.2) is 22.8 Å². The van der Waals surface area contributed by atoms with Crippen molar-refractivity contribution in [1.29, 1.82) is 0 Å². The zero-order valence-electron chi connectivity index (χ0n) is 10.1. The number of pyridine rings is 1. The first-order chi connectivity index (χ1) is 8.24. The molecule has 2 bridgehead atoms. The molecule has 17 heavy (non-hydrogen) atoms. The first-order valence-electron chi connectivity index (χ1n) is 6.33. The number of rotatable bonds is 2. The Kier molecular flexibility index (Phi) is 3.09. The Hall–Kier alpha value is -0.610. The fourth-order valence-corrected chi connectivity index (χ4v) is 3.69. The predicted molar refractivity (Wildman–Crippen MR) is 73.3 cm³/mol. The van der Waals surface area contributed by atoms with Gasteiger partial charge in [-0.1, -0.05) is 0 Å². The Bertz CT molecular complexity index is 397. The van der Waals surface area contributed by atoms with Crippen molar-refractivity contribution in [1.82, 2.24) is 10.3 Å². The molecule has 2 aliphatic rings. The summed E-state index contributed by atoms with van der Waals surface area (Å²) in [6.07, 6.45) is 7.05. The molecule has 2 atom stereocenters. The summed E-state index contributed by atoms with van der Waals surface area (Å²) in [5, 5.41) is 3.68. The number of fused-ring (bicyclic) bond motifs is 2. The van der Waals surface area contributed by atoms with E-state index in [1.54, 1.807) is 0 Å². The van der Waals surface area contributed by atoms with Crippen molar-refractivity contribution in [3.8, 4) is 0 Å². The third-order valence-corrected chi connectivity index (χ3v) is 4.69. The summed E-state index contributed by atoms with van der Waals surface area (Å²) >= 11 is 3.59. The van der Waals surface area contributed by atoms with Gasteiger partial charge < -0.3 is 10.2 Å². The number of halogens is 1. The highest BCUT2D eigenvalue weighted by Crippen LogP contribution is 2.32. The number of nitrogens with zero attached hydrogens (tertiary/aromatic N) is 2. The molecule has 0 aromatic carbocycles. The summed E-state index contributed by atoms with van der Waals surface area (Å²) < 4.78 is 1.09. The molecule has 1 aromatic rings. The van der Waals surface area contributed by atoms with Crippen molar-refractivity contribution in [2.24, 2.45) is 0 Å². The van der Waals surface area contributed by atoms with Crippen LogP contribution in [0.2, 0.25) is 0 Å². The van der Waals surface area contributed by atoms with Crippen LogP contribution < -0.4 is 10.2 Å². The lowest BCUT2D eigenvalue weighted by Crippen LogP contribution is -2.47. The molecular weight excluding hydrogens is 278 g/mol. The summed E-state index contributed by atoms with van der Waals surface area (Å²) in [6, 6.07) is 6.11. The Labute approximate surface area is 111 Å². The third kappa shape index (κ3) is 2.20. The SMILES string of the molecule is CN(c1ncccc1Br)C1CC2CCC(C1)N2. The third-order valence-electron chi connectivity index (χ3n) is 4.07. The number of anilines is 1. The van der Waals surface area contributed by atoms with E-state index in [0.717, 1.165) is 22.4 Å². The number of hydrogen-bond donors (Lipinski definition) is 1. The standard InChI is InChI=1S/C13H18BrN3/c1-17(13-12(14)3-2-6-15-13)11-7-9-4-5-10(8-11)16-9/h2-3,6,9-11,16H,4-5,7-8H2,1H3. The zero-order valence-corrected chi connectivity index (χ0v) is 11.7. The van der Waals surface area contributed by atoms with Crippen molar-refractivity contribution in [2.45, 2.75) is 43.8 Å². The normalized spacial score (nSPS) is 31.5. The van der Waals surface area contributed by atoms with Gasteiger partial charge in [-0.15, -0.1) is 0 Å². The topological polar surface area (TPSA) is 28.2 Å². The van der Waals surface area contributed by atoms with E-state index in [4.69, 9.17) is 0 Å². The molecule has 1 aromatic heterocycles. The lowest BCUT2D eigenvalue weighted by Gasteiger charge is -2.36. The highest BCUT2D eigenvalue weighted by Gasteiger charge is 2.35. The molecule has 0 radical (unpaired) electrons. The molecule has 2 aliphatic heterocycles. The number of aromatic nitrogens is 1. The van der Waals surface area contributed by atoms with E-state index < -0.39 is 0 Å². The van der Waals surface area contributed by atoms with E-state index >= 15 is 0 Å². The van der Waals surface area contributed by atoms with Crippen molar-refractivity contribution < 1.29 is 0 Å².